The molecule has 1 saturated heterocycles. The molecule has 1 aliphatic rings. The highest BCUT2D eigenvalue weighted by Crippen LogP contribution is 2.45. The van der Waals surface area contributed by atoms with Crippen molar-refractivity contribution >= 4 is 125 Å². The number of nitrogens with one attached hydrogen (secondary N) is 4. The molecule has 1 fully saturated rings. The SMILES string of the molecule is COc1ccc(N=Nc2c(SOOO)cc3cc(Nc4nc(Cl)nc(N[B]Nc5nc(F)nc(Nc6cccc(C(=O)N7CC7S(=O)(=O)CCOS(=O)(=O)O)c6)n5)n4)ccc3c2O)c(S(=O)(=O)O)c1. The number of nitrogens with zero attached hydrogens (tertiary/aromatic N) is 9. The van der Waals surface area contributed by atoms with Crippen LogP contribution in [-0.4, -0.2) is 124 Å². The van der Waals surface area contributed by atoms with Gasteiger partial charge >= 0.3 is 24.0 Å². The monoisotopic (exact) mass is 1050 g/mol. The summed E-state index contributed by atoms with van der Waals surface area (Å²) in [4.78, 5) is 37.0. The summed E-state index contributed by atoms with van der Waals surface area (Å²) in [7, 11) is -11.2. The zero-order valence-corrected chi connectivity index (χ0v) is 38.3. The molecule has 69 heavy (non-hydrogen) atoms. The van der Waals surface area contributed by atoms with Crippen molar-refractivity contribution < 1.29 is 72.2 Å². The van der Waals surface area contributed by atoms with Crippen LogP contribution in [-0.2, 0) is 43.9 Å². The van der Waals surface area contributed by atoms with Gasteiger partial charge in [-0.05, 0) is 71.6 Å². The molecule has 28 nitrogen and oxygen atoms in total. The van der Waals surface area contributed by atoms with Crippen LogP contribution in [0.2, 0.25) is 5.28 Å². The van der Waals surface area contributed by atoms with Crippen molar-refractivity contribution in [1.82, 2.24) is 34.8 Å². The van der Waals surface area contributed by atoms with Crippen LogP contribution in [0.15, 0.2) is 86.7 Å². The van der Waals surface area contributed by atoms with Crippen molar-refractivity contribution in [1.29, 1.82) is 0 Å². The number of benzene rings is 4. The number of hydrogen-bond acceptors (Lipinski definition) is 26. The molecule has 0 spiro atoms. The molecule has 0 saturated carbocycles. The van der Waals surface area contributed by atoms with Crippen molar-refractivity contribution in [3.63, 3.8) is 0 Å². The molecule has 6 aromatic rings. The van der Waals surface area contributed by atoms with Crippen LogP contribution >= 0.6 is 23.6 Å². The molecule has 1 radical (unpaired) electrons. The first-order valence-electron chi connectivity index (χ1n) is 18.7. The van der Waals surface area contributed by atoms with Gasteiger partial charge in [0.25, 0.3) is 16.0 Å². The summed E-state index contributed by atoms with van der Waals surface area (Å²) in [5.74, 6) is -2.65. The van der Waals surface area contributed by atoms with Gasteiger partial charge in [0.2, 0.25) is 29.1 Å². The fraction of sp³-hybridized carbons (Fsp3) is 0.147. The number of sulfone groups is 1. The fourth-order valence-electron chi connectivity index (χ4n) is 5.95. The van der Waals surface area contributed by atoms with Gasteiger partial charge in [-0.2, -0.15) is 51.1 Å². The second-order valence-electron chi connectivity index (χ2n) is 13.5. The van der Waals surface area contributed by atoms with E-state index >= 15 is 0 Å². The van der Waals surface area contributed by atoms with E-state index < -0.39 is 70.7 Å². The van der Waals surface area contributed by atoms with E-state index in [4.69, 9.17) is 26.1 Å². The molecule has 1 atom stereocenters. The molecule has 3 heterocycles. The number of hydrogen-bond donors (Lipinski definition) is 8. The minimum absolute atomic E-state index is 0.0171. The Labute approximate surface area is 397 Å². The first-order chi connectivity index (χ1) is 32.7. The Morgan fingerprint density at radius 2 is 1.58 bits per heavy atom. The first kappa shape index (κ1) is 50.2. The molecule has 361 valence electrons. The Kier molecular flexibility index (Phi) is 15.2. The molecule has 8 N–H and O–H groups in total. The number of rotatable bonds is 21. The number of carbonyl (C=O) groups is 1. The minimum Gasteiger partial charge on any atom is -0.505 e. The zero-order valence-electron chi connectivity index (χ0n) is 34.3. The molecular formula is C34H29BClFN13O15S4. The van der Waals surface area contributed by atoms with E-state index in [0.29, 0.717) is 23.1 Å². The summed E-state index contributed by atoms with van der Waals surface area (Å²) in [6.07, 6.45) is -1.22. The highest BCUT2D eigenvalue weighted by molar-refractivity contribution is 7.94. The molecule has 1 aliphatic heterocycles. The zero-order chi connectivity index (χ0) is 49.7. The third kappa shape index (κ3) is 13.1. The second-order valence-corrected chi connectivity index (χ2v) is 19.4. The van der Waals surface area contributed by atoms with Crippen LogP contribution in [0.1, 0.15) is 10.4 Å². The van der Waals surface area contributed by atoms with Gasteiger partial charge in [-0.1, -0.05) is 11.1 Å². The quantitative estimate of drug-likeness (QED) is 0.00943. The lowest BCUT2D eigenvalue weighted by molar-refractivity contribution is -0.432. The predicted octanol–water partition coefficient (Wildman–Crippen LogP) is 4.37. The smallest absolute Gasteiger partial charge is 0.397 e. The number of fused-ring (bicyclic) bond motifs is 1. The van der Waals surface area contributed by atoms with Crippen LogP contribution in [0.5, 0.6) is 11.5 Å². The molecule has 7 rings (SSSR count). The largest absolute Gasteiger partial charge is 0.505 e. The van der Waals surface area contributed by atoms with Crippen molar-refractivity contribution in [2.75, 3.05) is 47.1 Å². The highest BCUT2D eigenvalue weighted by Gasteiger charge is 2.48. The number of aromatic hydroxyl groups is 1. The van der Waals surface area contributed by atoms with Gasteiger partial charge in [-0.3, -0.25) is 13.9 Å². The number of anilines is 6. The fourth-order valence-corrected chi connectivity index (χ4v) is 9.10. The maximum absolute atomic E-state index is 14.5. The second kappa shape index (κ2) is 20.9. The summed E-state index contributed by atoms with van der Waals surface area (Å²) in [5, 5.41) is 41.7. The molecule has 0 bridgehead atoms. The van der Waals surface area contributed by atoms with Crippen LogP contribution in [0.25, 0.3) is 10.8 Å². The molecular weight excluding hydrogens is 1020 g/mol. The lowest BCUT2D eigenvalue weighted by atomic mass is 10.1. The third-order valence-corrected chi connectivity index (χ3v) is 13.1. The topological polar surface area (TPSA) is 391 Å². The number of azo groups is 1. The molecule has 4 aromatic carbocycles. The van der Waals surface area contributed by atoms with Gasteiger partial charge < -0.3 is 35.8 Å². The number of aromatic nitrogens is 6. The van der Waals surface area contributed by atoms with E-state index in [1.54, 1.807) is 6.07 Å². The number of carbonyl (C=O) groups excluding carboxylic acids is 1. The summed E-state index contributed by atoms with van der Waals surface area (Å²) in [5.41, 5.74) is 0.0378. The Morgan fingerprint density at radius 1 is 0.899 bits per heavy atom. The first-order valence-corrected chi connectivity index (χ1v) is 24.3. The van der Waals surface area contributed by atoms with Gasteiger partial charge in [-0.15, -0.1) is 14.6 Å². The van der Waals surface area contributed by atoms with E-state index in [9.17, 15) is 44.1 Å². The Hall–Kier alpha value is -6.73. The van der Waals surface area contributed by atoms with E-state index in [1.807, 2.05) is 0 Å². The number of phenols is 1. The minimum atomic E-state index is -4.85. The predicted molar refractivity (Wildman–Crippen MR) is 240 cm³/mol. The maximum Gasteiger partial charge on any atom is 0.397 e. The van der Waals surface area contributed by atoms with Crippen LogP contribution < -0.4 is 25.8 Å². The van der Waals surface area contributed by atoms with Gasteiger partial charge in [0.05, 0.1) is 43.0 Å². The molecule has 35 heteroatoms. The van der Waals surface area contributed by atoms with Crippen LogP contribution in [0.3, 0.4) is 0 Å². The molecule has 1 unspecified atom stereocenters. The normalized spacial score (nSPS) is 13.9. The number of amides is 1. The Morgan fingerprint density at radius 3 is 2.28 bits per heavy atom. The van der Waals surface area contributed by atoms with Crippen LogP contribution in [0.4, 0.5) is 50.9 Å². The van der Waals surface area contributed by atoms with Crippen molar-refractivity contribution in [3.05, 3.63) is 83.7 Å². The van der Waals surface area contributed by atoms with Crippen molar-refractivity contribution in [3.8, 4) is 11.5 Å². The van der Waals surface area contributed by atoms with E-state index in [-0.39, 0.29) is 74.3 Å². The maximum atomic E-state index is 14.5. The number of methoxy groups -OCH3 is 1. The van der Waals surface area contributed by atoms with Crippen LogP contribution in [0, 0.1) is 6.08 Å². The number of halogens is 2. The number of ether oxygens (including phenoxy) is 1. The van der Waals surface area contributed by atoms with Gasteiger partial charge in [0.1, 0.15) is 22.0 Å². The van der Waals surface area contributed by atoms with Gasteiger partial charge in [0, 0.05) is 28.4 Å². The van der Waals surface area contributed by atoms with E-state index in [0.717, 1.165) is 18.5 Å². The van der Waals surface area contributed by atoms with Crippen molar-refractivity contribution in [2.45, 2.75) is 15.2 Å². The summed E-state index contributed by atoms with van der Waals surface area (Å²) in [6, 6.07) is 15.3. The lowest BCUT2D eigenvalue weighted by Gasteiger charge is -2.12. The van der Waals surface area contributed by atoms with E-state index in [1.165, 1.54) is 61.7 Å². The van der Waals surface area contributed by atoms with E-state index in [2.05, 4.69) is 74.8 Å². The van der Waals surface area contributed by atoms with Crippen molar-refractivity contribution in [2.24, 2.45) is 10.2 Å². The summed E-state index contributed by atoms with van der Waals surface area (Å²) < 4.78 is 117. The van der Waals surface area contributed by atoms with Gasteiger partial charge in [0.15, 0.2) is 21.0 Å². The Balaban J connectivity index is 0.998. The van der Waals surface area contributed by atoms with Gasteiger partial charge in [-0.25, -0.2) is 17.9 Å². The summed E-state index contributed by atoms with van der Waals surface area (Å²) >= 11 is 6.57. The third-order valence-electron chi connectivity index (χ3n) is 8.99. The standard InChI is InChI=1S/C34H29BClFN13O15S4/c1-62-20-6-8-22(24(14-20)68(56,57)58)48-49-26-23(66-65-64-53)13-17-12-19(5-7-21(17)27(26)51)39-31-40-29(36)41-33(44-31)46-35-47-34-43-30(37)42-32(45-34)38-18-4-2-3-16(11-18)28(52)50-15-25(50)67(54,55)10-9-63-69(59,60)61/h2-8,11-14,25,51,53H,9-10,15H2,1H3,(H,56,57,58)(H,59,60,61)(H2,38,42,43,45,47)(H2,39,40,41,44,46). The Bertz CT molecular complexity index is 3340. The lowest BCUT2D eigenvalue weighted by Crippen LogP contribution is -2.24. The molecule has 2 aromatic heterocycles. The molecule has 0 aliphatic carbocycles. The summed E-state index contributed by atoms with van der Waals surface area (Å²) in [6.45, 7) is -1.01. The average molecular weight is 1050 g/mol. The average Bonchev–Trinajstić information content (AvgIpc) is 4.09. The highest BCUT2D eigenvalue weighted by atomic mass is 35.5. The number of phenolic OH excluding ortho intramolecular Hbond substituents is 1. The molecule has 1 amide bonds.